The van der Waals surface area contributed by atoms with E-state index in [0.29, 0.717) is 25.3 Å². The average molecular weight is 369 g/mol. The van der Waals surface area contributed by atoms with Gasteiger partial charge in [0, 0.05) is 31.6 Å². The molecule has 0 radical (unpaired) electrons. The molecule has 1 saturated carbocycles. The van der Waals surface area contributed by atoms with Crippen LogP contribution in [0.15, 0.2) is 29.2 Å². The Morgan fingerprint density at radius 2 is 1.88 bits per heavy atom. The smallest absolute Gasteiger partial charge is 0.245 e. The van der Waals surface area contributed by atoms with Crippen molar-refractivity contribution in [3.63, 3.8) is 0 Å². The second kappa shape index (κ2) is 7.39. The lowest BCUT2D eigenvalue weighted by Gasteiger charge is -2.30. The topological polar surface area (TPSA) is 92.5 Å². The fourth-order valence-electron chi connectivity index (χ4n) is 3.21. The quantitative estimate of drug-likeness (QED) is 0.785. The van der Waals surface area contributed by atoms with Crippen molar-refractivity contribution < 1.29 is 17.6 Å². The van der Waals surface area contributed by atoms with E-state index in [-0.39, 0.29) is 35.9 Å². The van der Waals surface area contributed by atoms with Crippen LogP contribution in [0.4, 0.5) is 4.39 Å². The number of nitrogens with two attached hydrogens (primary N) is 1. The van der Waals surface area contributed by atoms with Crippen LogP contribution in [0.25, 0.3) is 0 Å². The Kier molecular flexibility index (Phi) is 5.41. The van der Waals surface area contributed by atoms with Crippen molar-refractivity contribution in [1.29, 1.82) is 0 Å². The molecule has 0 bridgehead atoms. The Hall–Kier alpha value is -1.51. The molecule has 6 nitrogen and oxygen atoms in total. The van der Waals surface area contributed by atoms with Crippen molar-refractivity contribution in [2.24, 2.45) is 17.6 Å². The maximum absolute atomic E-state index is 13.8. The Balaban J connectivity index is 1.54. The highest BCUT2D eigenvalue weighted by atomic mass is 32.2. The molecular weight excluding hydrogens is 345 g/mol. The molecule has 1 unspecified atom stereocenters. The summed E-state index contributed by atoms with van der Waals surface area (Å²) in [5.74, 6) is -0.526. The van der Waals surface area contributed by atoms with Gasteiger partial charge in [0.2, 0.25) is 15.9 Å². The summed E-state index contributed by atoms with van der Waals surface area (Å²) in [4.78, 5) is 11.9. The van der Waals surface area contributed by atoms with Gasteiger partial charge in [0.25, 0.3) is 0 Å². The van der Waals surface area contributed by atoms with Crippen LogP contribution in [0.5, 0.6) is 0 Å². The summed E-state index contributed by atoms with van der Waals surface area (Å²) < 4.78 is 40.2. The molecule has 8 heteroatoms. The summed E-state index contributed by atoms with van der Waals surface area (Å²) in [6.07, 6.45) is 3.11. The van der Waals surface area contributed by atoms with Crippen molar-refractivity contribution in [1.82, 2.24) is 9.62 Å². The molecule has 1 aromatic carbocycles. The molecule has 2 aliphatic rings. The van der Waals surface area contributed by atoms with Gasteiger partial charge >= 0.3 is 0 Å². The molecule has 1 aliphatic heterocycles. The van der Waals surface area contributed by atoms with Crippen LogP contribution in [0.3, 0.4) is 0 Å². The third-order valence-electron chi connectivity index (χ3n) is 5.02. The van der Waals surface area contributed by atoms with Crippen LogP contribution in [0, 0.1) is 17.7 Å². The van der Waals surface area contributed by atoms with Gasteiger partial charge < -0.3 is 11.1 Å². The van der Waals surface area contributed by atoms with Gasteiger partial charge in [-0.05, 0) is 43.7 Å². The third-order valence-corrected chi connectivity index (χ3v) is 6.95. The van der Waals surface area contributed by atoms with Gasteiger partial charge in [-0.3, -0.25) is 4.79 Å². The van der Waals surface area contributed by atoms with E-state index in [4.69, 9.17) is 5.73 Å². The Morgan fingerprint density at radius 3 is 2.48 bits per heavy atom. The molecule has 1 atom stereocenters. The number of rotatable bonds is 6. The van der Waals surface area contributed by atoms with Gasteiger partial charge in [-0.2, -0.15) is 4.31 Å². The number of sulfonamides is 1. The lowest BCUT2D eigenvalue weighted by atomic mass is 9.97. The lowest BCUT2D eigenvalue weighted by Crippen LogP contribution is -2.45. The van der Waals surface area contributed by atoms with E-state index in [2.05, 4.69) is 5.32 Å². The molecule has 1 heterocycles. The zero-order chi connectivity index (χ0) is 18.0. The highest BCUT2D eigenvalue weighted by Gasteiger charge is 2.34. The minimum atomic E-state index is -3.86. The molecule has 1 aliphatic carbocycles. The number of nitrogens with one attached hydrogen (secondary N) is 1. The maximum atomic E-state index is 13.8. The summed E-state index contributed by atoms with van der Waals surface area (Å²) in [7, 11) is -3.86. The number of piperidine rings is 1. The maximum Gasteiger partial charge on any atom is 0.245 e. The second-order valence-corrected chi connectivity index (χ2v) is 8.76. The summed E-state index contributed by atoms with van der Waals surface area (Å²) in [6, 6.07) is 5.36. The molecule has 1 amide bonds. The number of halogens is 1. The van der Waals surface area contributed by atoms with Crippen molar-refractivity contribution in [2.45, 2.75) is 36.6 Å². The van der Waals surface area contributed by atoms with Crippen molar-refractivity contribution in [3.8, 4) is 0 Å². The number of nitrogens with zero attached hydrogens (tertiary/aromatic N) is 1. The minimum Gasteiger partial charge on any atom is -0.354 e. The van der Waals surface area contributed by atoms with Gasteiger partial charge in [-0.25, -0.2) is 12.8 Å². The zero-order valence-electron chi connectivity index (χ0n) is 14.0. The van der Waals surface area contributed by atoms with Crippen LogP contribution < -0.4 is 11.1 Å². The van der Waals surface area contributed by atoms with E-state index in [1.165, 1.54) is 22.5 Å². The number of benzene rings is 1. The number of hydrogen-bond donors (Lipinski definition) is 2. The molecule has 3 N–H and O–H groups in total. The van der Waals surface area contributed by atoms with Gasteiger partial charge in [-0.1, -0.05) is 12.1 Å². The Morgan fingerprint density at radius 1 is 1.24 bits per heavy atom. The first-order valence-corrected chi connectivity index (χ1v) is 10.1. The van der Waals surface area contributed by atoms with Crippen molar-refractivity contribution in [3.05, 3.63) is 30.1 Å². The first-order chi connectivity index (χ1) is 11.9. The number of amides is 1. The van der Waals surface area contributed by atoms with E-state index >= 15 is 0 Å². The fraction of sp³-hybridized carbons (Fsp3) is 0.588. The zero-order valence-corrected chi connectivity index (χ0v) is 14.8. The first-order valence-electron chi connectivity index (χ1n) is 8.67. The summed E-state index contributed by atoms with van der Waals surface area (Å²) >= 11 is 0. The molecular formula is C17H24FN3O3S. The standard InChI is InChI=1S/C17H24FN3O3S/c18-14-3-1-2-4-16(14)25(23,24)21-9-7-13(8-10-21)17(22)20-11-15(19)12-5-6-12/h1-4,12-13,15H,5-11,19H2,(H,20,22). The summed E-state index contributed by atoms with van der Waals surface area (Å²) in [5.41, 5.74) is 5.98. The number of carbonyl (C=O) groups is 1. The van der Waals surface area contributed by atoms with Gasteiger partial charge in [0.15, 0.2) is 0 Å². The predicted octanol–water partition coefficient (Wildman–Crippen LogP) is 1.08. The third kappa shape index (κ3) is 4.19. The average Bonchev–Trinajstić information content (AvgIpc) is 3.45. The van der Waals surface area contributed by atoms with Gasteiger partial charge in [0.1, 0.15) is 10.7 Å². The van der Waals surface area contributed by atoms with Gasteiger partial charge in [-0.15, -0.1) is 0 Å². The van der Waals surface area contributed by atoms with E-state index in [1.807, 2.05) is 0 Å². The molecule has 1 saturated heterocycles. The van der Waals surface area contributed by atoms with E-state index < -0.39 is 15.8 Å². The molecule has 1 aromatic rings. The number of carbonyl (C=O) groups excluding carboxylic acids is 1. The Bertz CT molecular complexity index is 728. The fourth-order valence-corrected chi connectivity index (χ4v) is 4.74. The van der Waals surface area contributed by atoms with Gasteiger partial charge in [0.05, 0.1) is 0 Å². The van der Waals surface area contributed by atoms with Crippen LogP contribution >= 0.6 is 0 Å². The highest BCUT2D eigenvalue weighted by Crippen LogP contribution is 2.31. The minimum absolute atomic E-state index is 0.00507. The van der Waals surface area contributed by atoms with Crippen LogP contribution in [-0.2, 0) is 14.8 Å². The van der Waals surface area contributed by atoms with Crippen LogP contribution in [0.1, 0.15) is 25.7 Å². The summed E-state index contributed by atoms with van der Waals surface area (Å²) in [5, 5.41) is 2.88. The van der Waals surface area contributed by atoms with E-state index in [9.17, 15) is 17.6 Å². The van der Waals surface area contributed by atoms with E-state index in [1.54, 1.807) is 0 Å². The van der Waals surface area contributed by atoms with Crippen LogP contribution in [-0.4, -0.2) is 44.3 Å². The highest BCUT2D eigenvalue weighted by molar-refractivity contribution is 7.89. The molecule has 138 valence electrons. The SMILES string of the molecule is NC(CNC(=O)C1CCN(S(=O)(=O)c2ccccc2F)CC1)C1CC1. The lowest BCUT2D eigenvalue weighted by molar-refractivity contribution is -0.126. The van der Waals surface area contributed by atoms with Crippen molar-refractivity contribution in [2.75, 3.05) is 19.6 Å². The largest absolute Gasteiger partial charge is 0.354 e. The second-order valence-electron chi connectivity index (χ2n) is 6.86. The number of hydrogen-bond acceptors (Lipinski definition) is 4. The molecule has 3 rings (SSSR count). The molecule has 25 heavy (non-hydrogen) atoms. The monoisotopic (exact) mass is 369 g/mol. The van der Waals surface area contributed by atoms with Crippen LogP contribution in [0.2, 0.25) is 0 Å². The summed E-state index contributed by atoms with van der Waals surface area (Å²) in [6.45, 7) is 0.893. The first kappa shape index (κ1) is 18.3. The molecule has 0 spiro atoms. The predicted molar refractivity (Wildman–Crippen MR) is 91.6 cm³/mol. The molecule has 0 aromatic heterocycles. The van der Waals surface area contributed by atoms with E-state index in [0.717, 1.165) is 18.9 Å². The normalized spacial score (nSPS) is 21.0. The van der Waals surface area contributed by atoms with Crippen molar-refractivity contribution >= 4 is 15.9 Å². The molecule has 2 fully saturated rings. The Labute approximate surface area is 147 Å².